The first kappa shape index (κ1) is 21.5. The second-order valence-electron chi connectivity index (χ2n) is 9.20. The minimum Gasteiger partial charge on any atom is -0.460 e. The van der Waals surface area contributed by atoms with E-state index in [4.69, 9.17) is 14.0 Å². The van der Waals surface area contributed by atoms with Gasteiger partial charge in [-0.1, -0.05) is 48.5 Å². The van der Waals surface area contributed by atoms with Crippen molar-refractivity contribution in [2.45, 2.75) is 92.9 Å². The van der Waals surface area contributed by atoms with Gasteiger partial charge in [0.15, 0.2) is 0 Å². The zero-order chi connectivity index (χ0) is 18.8. The number of carbonyl (C=O) groups excluding carboxylic acids is 1. The highest BCUT2D eigenvalue weighted by Gasteiger charge is 2.50. The lowest BCUT2D eigenvalue weighted by atomic mass is 9.60. The Balaban J connectivity index is 2.94. The molecule has 0 saturated carbocycles. The molecular formula is C19H37BO4. The van der Waals surface area contributed by atoms with Crippen molar-refractivity contribution in [3.63, 3.8) is 0 Å². The molecular weight excluding hydrogens is 303 g/mol. The normalized spacial score (nSPS) is 24.8. The number of hydrogen-bond donors (Lipinski definition) is 0. The number of ether oxygens (including phenoxy) is 1. The second-order valence-corrected chi connectivity index (χ2v) is 9.20. The van der Waals surface area contributed by atoms with Crippen LogP contribution in [0.3, 0.4) is 0 Å². The molecule has 4 nitrogen and oxygen atoms in total. The summed E-state index contributed by atoms with van der Waals surface area (Å²) in [6, 6.07) is 0. The summed E-state index contributed by atoms with van der Waals surface area (Å²) in [7, 11) is -0.354. The number of rotatable bonds is 6. The summed E-state index contributed by atoms with van der Waals surface area (Å²) in [5, 5.41) is 0. The fourth-order valence-electron chi connectivity index (χ4n) is 3.43. The first-order valence-electron chi connectivity index (χ1n) is 9.39. The van der Waals surface area contributed by atoms with Crippen molar-refractivity contribution >= 4 is 13.1 Å². The Kier molecular flexibility index (Phi) is 7.37. The first-order chi connectivity index (χ1) is 10.8. The molecule has 0 unspecified atom stereocenters. The molecule has 0 aromatic rings. The van der Waals surface area contributed by atoms with Gasteiger partial charge in [-0.15, -0.1) is 0 Å². The molecule has 0 aromatic carbocycles. The van der Waals surface area contributed by atoms with Crippen molar-refractivity contribution in [3.8, 4) is 0 Å². The van der Waals surface area contributed by atoms with Gasteiger partial charge in [0.2, 0.25) is 0 Å². The van der Waals surface area contributed by atoms with Crippen molar-refractivity contribution in [2.24, 2.45) is 23.7 Å². The Morgan fingerprint density at radius 1 is 0.917 bits per heavy atom. The predicted octanol–water partition coefficient (Wildman–Crippen LogP) is 4.57. The highest BCUT2D eigenvalue weighted by atomic mass is 16.7. The quantitative estimate of drug-likeness (QED) is 0.525. The van der Waals surface area contributed by atoms with Crippen LogP contribution in [0.4, 0.5) is 0 Å². The number of hydrogen-bond acceptors (Lipinski definition) is 4. The molecule has 0 aromatic heterocycles. The summed E-state index contributed by atoms with van der Waals surface area (Å²) >= 11 is 0. The molecule has 0 bridgehead atoms. The fourth-order valence-corrected chi connectivity index (χ4v) is 3.43. The molecule has 0 amide bonds. The zero-order valence-corrected chi connectivity index (χ0v) is 17.3. The van der Waals surface area contributed by atoms with Gasteiger partial charge in [0, 0.05) is 5.82 Å². The predicted molar refractivity (Wildman–Crippen MR) is 98.8 cm³/mol. The monoisotopic (exact) mass is 340 g/mol. The van der Waals surface area contributed by atoms with Crippen molar-refractivity contribution in [3.05, 3.63) is 0 Å². The van der Waals surface area contributed by atoms with Crippen molar-refractivity contribution in [2.75, 3.05) is 0 Å². The van der Waals surface area contributed by atoms with E-state index in [1.54, 1.807) is 0 Å². The lowest BCUT2D eigenvalue weighted by molar-refractivity contribution is -0.160. The third-order valence-corrected chi connectivity index (χ3v) is 4.66. The van der Waals surface area contributed by atoms with E-state index in [1.165, 1.54) is 0 Å². The molecule has 1 aliphatic rings. The van der Waals surface area contributed by atoms with Crippen LogP contribution >= 0.6 is 0 Å². The van der Waals surface area contributed by atoms with E-state index < -0.39 is 5.60 Å². The Hall–Kier alpha value is -0.545. The van der Waals surface area contributed by atoms with E-state index in [2.05, 4.69) is 41.5 Å². The average molecular weight is 340 g/mol. The molecule has 4 atom stereocenters. The van der Waals surface area contributed by atoms with Crippen LogP contribution in [0.2, 0.25) is 5.82 Å². The van der Waals surface area contributed by atoms with Crippen molar-refractivity contribution in [1.82, 2.24) is 0 Å². The van der Waals surface area contributed by atoms with Crippen molar-refractivity contribution in [1.29, 1.82) is 0 Å². The van der Waals surface area contributed by atoms with Crippen LogP contribution in [0, 0.1) is 23.7 Å². The van der Waals surface area contributed by atoms with Crippen LogP contribution in [0.25, 0.3) is 0 Å². The summed E-state index contributed by atoms with van der Waals surface area (Å²) in [6.07, 6.45) is 0.143. The van der Waals surface area contributed by atoms with Crippen molar-refractivity contribution < 1.29 is 18.8 Å². The van der Waals surface area contributed by atoms with E-state index in [9.17, 15) is 4.79 Å². The first-order valence-corrected chi connectivity index (χ1v) is 9.39. The van der Waals surface area contributed by atoms with E-state index >= 15 is 0 Å². The van der Waals surface area contributed by atoms with Gasteiger partial charge in [-0.3, -0.25) is 4.79 Å². The van der Waals surface area contributed by atoms with Crippen LogP contribution in [0.1, 0.15) is 69.2 Å². The summed E-state index contributed by atoms with van der Waals surface area (Å²) < 4.78 is 18.2. The third kappa shape index (κ3) is 5.49. The summed E-state index contributed by atoms with van der Waals surface area (Å²) in [6.45, 7) is 20.5. The maximum atomic E-state index is 12.6. The maximum absolute atomic E-state index is 12.6. The van der Waals surface area contributed by atoms with Gasteiger partial charge in [-0.05, 0) is 38.5 Å². The Labute approximate surface area is 149 Å². The SMILES string of the molecule is CC(C)[C@@H]1OB([C@@H](C(C)C)[C@H](C)C(=O)OC(C)(C)C)O[C@H]1C(C)C. The average Bonchev–Trinajstić information content (AvgIpc) is 2.81. The molecule has 5 heteroatoms. The topological polar surface area (TPSA) is 44.8 Å². The Bertz CT molecular complexity index is 398. The van der Waals surface area contributed by atoms with Gasteiger partial charge in [-0.2, -0.15) is 0 Å². The molecule has 140 valence electrons. The molecule has 1 saturated heterocycles. The van der Waals surface area contributed by atoms with Gasteiger partial charge in [0.1, 0.15) is 5.60 Å². The van der Waals surface area contributed by atoms with E-state index in [1.807, 2.05) is 27.7 Å². The minimum absolute atomic E-state index is 0.0233. The lowest BCUT2D eigenvalue weighted by Gasteiger charge is -2.30. The standard InChI is InChI=1S/C19H37BO4/c1-11(2)15(14(7)18(21)22-19(8,9)10)20-23-16(12(3)4)17(24-20)13(5)6/h11-17H,1-10H3/t14-,15-,16-,17-/m0/s1. The number of carbonyl (C=O) groups is 1. The molecule has 0 spiro atoms. The Morgan fingerprint density at radius 2 is 1.33 bits per heavy atom. The number of esters is 1. The van der Waals surface area contributed by atoms with Crippen LogP contribution in [-0.2, 0) is 18.8 Å². The van der Waals surface area contributed by atoms with E-state index in [0.717, 1.165) is 0 Å². The van der Waals surface area contributed by atoms with Gasteiger partial charge < -0.3 is 14.0 Å². The largest absolute Gasteiger partial charge is 0.461 e. The van der Waals surface area contributed by atoms with Gasteiger partial charge >= 0.3 is 13.1 Å². The molecule has 0 N–H and O–H groups in total. The van der Waals surface area contributed by atoms with Gasteiger partial charge in [0.25, 0.3) is 0 Å². The second kappa shape index (κ2) is 8.22. The summed E-state index contributed by atoms with van der Waals surface area (Å²) in [4.78, 5) is 12.6. The summed E-state index contributed by atoms with van der Waals surface area (Å²) in [5.41, 5.74) is -0.481. The van der Waals surface area contributed by atoms with Crippen LogP contribution in [0.15, 0.2) is 0 Å². The maximum Gasteiger partial charge on any atom is 0.461 e. The van der Waals surface area contributed by atoms with E-state index in [0.29, 0.717) is 11.8 Å². The fraction of sp³-hybridized carbons (Fsp3) is 0.947. The van der Waals surface area contributed by atoms with Crippen LogP contribution < -0.4 is 0 Å². The molecule has 1 heterocycles. The highest BCUT2D eigenvalue weighted by molar-refractivity contribution is 6.47. The van der Waals surface area contributed by atoms with Crippen LogP contribution in [-0.4, -0.2) is 30.9 Å². The van der Waals surface area contributed by atoms with Gasteiger partial charge in [-0.25, -0.2) is 0 Å². The molecule has 1 rings (SSSR count). The zero-order valence-electron chi connectivity index (χ0n) is 17.3. The lowest BCUT2D eigenvalue weighted by Crippen LogP contribution is -2.38. The van der Waals surface area contributed by atoms with Crippen LogP contribution in [0.5, 0.6) is 0 Å². The molecule has 1 aliphatic heterocycles. The Morgan fingerprint density at radius 3 is 1.62 bits per heavy atom. The molecule has 0 radical (unpaired) electrons. The van der Waals surface area contributed by atoms with E-state index in [-0.39, 0.29) is 42.9 Å². The molecule has 0 aliphatic carbocycles. The highest BCUT2D eigenvalue weighted by Crippen LogP contribution is 2.39. The minimum atomic E-state index is -0.481. The van der Waals surface area contributed by atoms with Gasteiger partial charge in [0.05, 0.1) is 18.1 Å². The molecule has 24 heavy (non-hydrogen) atoms. The molecule has 1 fully saturated rings. The summed E-state index contributed by atoms with van der Waals surface area (Å²) in [5.74, 6) is 0.552. The third-order valence-electron chi connectivity index (χ3n) is 4.66. The smallest absolute Gasteiger partial charge is 0.460 e.